The van der Waals surface area contributed by atoms with E-state index < -0.39 is 28.7 Å². The highest BCUT2D eigenvalue weighted by molar-refractivity contribution is 6.27. The van der Waals surface area contributed by atoms with Gasteiger partial charge in [-0.15, -0.1) is 0 Å². The summed E-state index contributed by atoms with van der Waals surface area (Å²) in [6, 6.07) is 82.9. The van der Waals surface area contributed by atoms with Crippen molar-refractivity contribution >= 4 is 75.4 Å². The third-order valence-electron chi connectivity index (χ3n) is 15.1. The van der Waals surface area contributed by atoms with Gasteiger partial charge in [0.2, 0.25) is 17.2 Å². The number of aromatic hydroxyl groups is 4. The maximum Gasteiger partial charge on any atom is 0.218 e. The van der Waals surface area contributed by atoms with Crippen molar-refractivity contribution in [1.29, 1.82) is 0 Å². The number of phenols is 4. The quantitative estimate of drug-likeness (QED) is 0.0553. The average Bonchev–Trinajstić information content (AvgIpc) is 3.48. The van der Waals surface area contributed by atoms with Gasteiger partial charge in [-0.05, 0) is 150 Å². The monoisotopic (exact) mass is 964 g/mol. The minimum Gasteiger partial charge on any atom is -0.504 e. The predicted octanol–water partition coefficient (Wildman–Crippen LogP) is 18.7. The van der Waals surface area contributed by atoms with E-state index in [0.29, 0.717) is 16.3 Å². The molecule has 0 amide bonds. The lowest BCUT2D eigenvalue weighted by atomic mass is 9.83. The van der Waals surface area contributed by atoms with E-state index in [2.05, 4.69) is 158 Å². The van der Waals surface area contributed by atoms with Crippen molar-refractivity contribution in [2.24, 2.45) is 0 Å². The molecule has 75 heavy (non-hydrogen) atoms. The van der Waals surface area contributed by atoms with Crippen LogP contribution in [0.3, 0.4) is 0 Å². The second kappa shape index (κ2) is 17.3. The Labute approximate surface area is 431 Å². The molecule has 0 spiro atoms. The highest BCUT2D eigenvalue weighted by Crippen LogP contribution is 2.59. The van der Waals surface area contributed by atoms with Crippen LogP contribution in [0.5, 0.6) is 34.5 Å². The molecule has 0 fully saturated rings. The van der Waals surface area contributed by atoms with Crippen LogP contribution in [-0.4, -0.2) is 20.4 Å². The molecule has 14 aromatic rings. The molecule has 0 radical (unpaired) electrons. The first-order chi connectivity index (χ1) is 36.9. The van der Waals surface area contributed by atoms with Crippen LogP contribution in [-0.2, 0) is 0 Å². The van der Waals surface area contributed by atoms with Gasteiger partial charge in [-0.1, -0.05) is 212 Å². The first-order valence-corrected chi connectivity index (χ1v) is 25.1. The molecule has 354 valence electrons. The number of phenolic OH excluding ortho intramolecular Hbond substituents is 4. The second-order valence-electron chi connectivity index (χ2n) is 19.2. The zero-order chi connectivity index (χ0) is 50.3. The topological polar surface area (TPSA) is 90.2 Å². The fourth-order valence-electron chi connectivity index (χ4n) is 11.7. The molecule has 4 N–H and O–H groups in total. The molecule has 0 aliphatic heterocycles. The third kappa shape index (κ3) is 6.93. The molecular weight excluding hydrogens is 921 g/mol. The van der Waals surface area contributed by atoms with Crippen LogP contribution < -0.4 is 4.74 Å². The fraction of sp³-hybridized carbons (Fsp3) is 0. The molecule has 5 heteroatoms. The van der Waals surface area contributed by atoms with Crippen molar-refractivity contribution in [3.05, 3.63) is 243 Å². The van der Waals surface area contributed by atoms with Crippen LogP contribution in [0.4, 0.5) is 0 Å². The SMILES string of the molecule is Oc1c(O)c(-c2c3ccccc3c(-c3cc4ccccc4c4ccccc34)c3ccccc23)c(O)c(O)c1Oc1ccc(-c2c3ccccc3c(-c3ccc4cc(-c5ccccc5)ccc4c3)c3ccccc23)cc1. The van der Waals surface area contributed by atoms with Crippen molar-refractivity contribution in [3.63, 3.8) is 0 Å². The lowest BCUT2D eigenvalue weighted by Gasteiger charge is -2.21. The average molecular weight is 965 g/mol. The van der Waals surface area contributed by atoms with E-state index in [1.807, 2.05) is 72.8 Å². The van der Waals surface area contributed by atoms with Crippen LogP contribution in [0.2, 0.25) is 0 Å². The molecule has 0 atom stereocenters. The summed E-state index contributed by atoms with van der Waals surface area (Å²) >= 11 is 0. The van der Waals surface area contributed by atoms with Crippen molar-refractivity contribution in [3.8, 4) is 90.1 Å². The highest BCUT2D eigenvalue weighted by Gasteiger charge is 2.30. The van der Waals surface area contributed by atoms with Crippen LogP contribution in [0.25, 0.3) is 131 Å². The standard InChI is InChI=1S/C70H44O5/c71-66-65(64-58-28-14-12-26-56(58)63(57-27-13-15-29-59(57)64)60-40-46-18-4-5-19-49(46)50-20-6-7-21-51(50)60)67(72)69(74)70(68(66)73)75-48-36-34-42(35-37-48)61-52-22-8-10-24-54(52)62(55-25-11-9-23-53(55)61)47-33-32-44-38-43(30-31-45(44)39-47)41-16-2-1-3-17-41/h1-40,71-74H. The Bertz CT molecular complexity index is 4510. The first kappa shape index (κ1) is 43.7. The van der Waals surface area contributed by atoms with Crippen LogP contribution >= 0.6 is 0 Å². The van der Waals surface area contributed by atoms with Crippen molar-refractivity contribution in [2.75, 3.05) is 0 Å². The Morgan fingerprint density at radius 3 is 1.17 bits per heavy atom. The molecule has 0 aliphatic rings. The van der Waals surface area contributed by atoms with E-state index in [1.165, 1.54) is 16.5 Å². The normalized spacial score (nSPS) is 11.7. The largest absolute Gasteiger partial charge is 0.504 e. The van der Waals surface area contributed by atoms with Crippen molar-refractivity contribution in [2.45, 2.75) is 0 Å². The van der Waals surface area contributed by atoms with Gasteiger partial charge in [-0.2, -0.15) is 0 Å². The second-order valence-corrected chi connectivity index (χ2v) is 19.2. The fourth-order valence-corrected chi connectivity index (χ4v) is 11.7. The van der Waals surface area contributed by atoms with Gasteiger partial charge in [0, 0.05) is 5.56 Å². The number of hydrogen-bond acceptors (Lipinski definition) is 5. The molecule has 0 saturated carbocycles. The molecule has 0 aromatic heterocycles. The molecular formula is C70H44O5. The molecule has 0 bridgehead atoms. The van der Waals surface area contributed by atoms with Gasteiger partial charge in [-0.3, -0.25) is 0 Å². The summed E-state index contributed by atoms with van der Waals surface area (Å²) in [7, 11) is 0. The Morgan fingerprint density at radius 1 is 0.227 bits per heavy atom. The zero-order valence-corrected chi connectivity index (χ0v) is 40.3. The minimum atomic E-state index is -0.708. The molecule has 5 nitrogen and oxygen atoms in total. The van der Waals surface area contributed by atoms with Gasteiger partial charge >= 0.3 is 0 Å². The van der Waals surface area contributed by atoms with Crippen LogP contribution in [0.15, 0.2) is 243 Å². The Hall–Kier alpha value is -10.1. The van der Waals surface area contributed by atoms with Gasteiger partial charge in [0.1, 0.15) is 5.75 Å². The van der Waals surface area contributed by atoms with Crippen LogP contribution in [0, 0.1) is 0 Å². The predicted molar refractivity (Wildman–Crippen MR) is 309 cm³/mol. The summed E-state index contributed by atoms with van der Waals surface area (Å²) in [6.07, 6.45) is 0. The molecule has 0 aliphatic carbocycles. The Balaban J connectivity index is 0.853. The molecule has 14 rings (SSSR count). The lowest BCUT2D eigenvalue weighted by molar-refractivity contribution is 0.336. The smallest absolute Gasteiger partial charge is 0.218 e. The lowest BCUT2D eigenvalue weighted by Crippen LogP contribution is -1.94. The summed E-state index contributed by atoms with van der Waals surface area (Å²) in [5.41, 5.74) is 9.00. The summed E-state index contributed by atoms with van der Waals surface area (Å²) in [6.45, 7) is 0. The number of rotatable bonds is 7. The first-order valence-electron chi connectivity index (χ1n) is 25.1. The molecule has 0 saturated heterocycles. The number of fused-ring (bicyclic) bond motifs is 8. The van der Waals surface area contributed by atoms with Gasteiger partial charge in [0.05, 0.1) is 5.56 Å². The van der Waals surface area contributed by atoms with Gasteiger partial charge < -0.3 is 25.2 Å². The van der Waals surface area contributed by atoms with E-state index in [-0.39, 0.29) is 11.3 Å². The number of hydrogen-bond donors (Lipinski definition) is 4. The van der Waals surface area contributed by atoms with Crippen molar-refractivity contribution in [1.82, 2.24) is 0 Å². The minimum absolute atomic E-state index is 0.113. The number of ether oxygens (including phenoxy) is 1. The van der Waals surface area contributed by atoms with Gasteiger partial charge in [0.15, 0.2) is 11.5 Å². The summed E-state index contributed by atoms with van der Waals surface area (Å²) < 4.78 is 6.21. The Kier molecular flexibility index (Phi) is 10.1. The summed E-state index contributed by atoms with van der Waals surface area (Å²) in [4.78, 5) is 0. The van der Waals surface area contributed by atoms with E-state index >= 15 is 0 Å². The van der Waals surface area contributed by atoms with E-state index in [1.54, 1.807) is 12.1 Å². The molecule has 0 heterocycles. The maximum atomic E-state index is 12.1. The maximum absolute atomic E-state index is 12.1. The Morgan fingerprint density at radius 2 is 0.627 bits per heavy atom. The van der Waals surface area contributed by atoms with E-state index in [9.17, 15) is 20.4 Å². The summed E-state index contributed by atoms with van der Waals surface area (Å²) in [5.74, 6) is -2.87. The third-order valence-corrected chi connectivity index (χ3v) is 15.1. The van der Waals surface area contributed by atoms with E-state index in [4.69, 9.17) is 4.74 Å². The molecule has 14 aromatic carbocycles. The zero-order valence-electron chi connectivity index (χ0n) is 40.3. The van der Waals surface area contributed by atoms with Crippen molar-refractivity contribution < 1.29 is 25.2 Å². The summed E-state index contributed by atoms with van der Waals surface area (Å²) in [5, 5.41) is 62.3. The number of benzene rings is 14. The molecule has 0 unspecified atom stereocenters. The van der Waals surface area contributed by atoms with Gasteiger partial charge in [0.25, 0.3) is 0 Å². The van der Waals surface area contributed by atoms with E-state index in [0.717, 1.165) is 92.6 Å². The van der Waals surface area contributed by atoms with Crippen LogP contribution in [0.1, 0.15) is 0 Å². The highest BCUT2D eigenvalue weighted by atomic mass is 16.5. The van der Waals surface area contributed by atoms with Gasteiger partial charge in [-0.25, -0.2) is 0 Å².